The SMILES string of the molecule is C[C@@H](C(=O)Nc1ccccc1F)N1CCC(C(=O)NCc2ccccc2)CC1. The second-order valence-electron chi connectivity index (χ2n) is 7.16. The number of piperidine rings is 1. The number of benzene rings is 2. The molecule has 1 aliphatic rings. The topological polar surface area (TPSA) is 61.4 Å². The van der Waals surface area contributed by atoms with E-state index in [0.29, 0.717) is 32.5 Å². The zero-order chi connectivity index (χ0) is 19.9. The van der Waals surface area contributed by atoms with Crippen LogP contribution >= 0.6 is 0 Å². The van der Waals surface area contributed by atoms with Gasteiger partial charge in [0.25, 0.3) is 0 Å². The first-order valence-electron chi connectivity index (χ1n) is 9.65. The molecule has 1 aliphatic heterocycles. The van der Waals surface area contributed by atoms with Gasteiger partial charge in [0.1, 0.15) is 5.82 Å². The summed E-state index contributed by atoms with van der Waals surface area (Å²) in [7, 11) is 0. The van der Waals surface area contributed by atoms with E-state index >= 15 is 0 Å². The zero-order valence-electron chi connectivity index (χ0n) is 16.0. The van der Waals surface area contributed by atoms with E-state index in [1.165, 1.54) is 6.07 Å². The van der Waals surface area contributed by atoms with E-state index < -0.39 is 5.82 Å². The number of likely N-dealkylation sites (tertiary alicyclic amines) is 1. The third-order valence-corrected chi connectivity index (χ3v) is 5.27. The van der Waals surface area contributed by atoms with Crippen LogP contribution in [0.1, 0.15) is 25.3 Å². The number of hydrogen-bond acceptors (Lipinski definition) is 3. The molecule has 0 radical (unpaired) electrons. The van der Waals surface area contributed by atoms with Crippen LogP contribution in [0.25, 0.3) is 0 Å². The van der Waals surface area contributed by atoms with E-state index in [9.17, 15) is 14.0 Å². The highest BCUT2D eigenvalue weighted by atomic mass is 19.1. The van der Waals surface area contributed by atoms with Crippen LogP contribution in [-0.2, 0) is 16.1 Å². The molecule has 28 heavy (non-hydrogen) atoms. The number of nitrogens with zero attached hydrogens (tertiary/aromatic N) is 1. The quantitative estimate of drug-likeness (QED) is 0.805. The molecule has 3 rings (SSSR count). The van der Waals surface area contributed by atoms with Crippen molar-refractivity contribution < 1.29 is 14.0 Å². The molecule has 2 amide bonds. The normalized spacial score (nSPS) is 16.4. The number of amides is 2. The van der Waals surface area contributed by atoms with Gasteiger partial charge in [0.05, 0.1) is 11.7 Å². The van der Waals surface area contributed by atoms with Crippen molar-refractivity contribution in [1.82, 2.24) is 10.2 Å². The van der Waals surface area contributed by atoms with Gasteiger partial charge in [-0.15, -0.1) is 0 Å². The third-order valence-electron chi connectivity index (χ3n) is 5.27. The zero-order valence-corrected chi connectivity index (χ0v) is 16.0. The van der Waals surface area contributed by atoms with Crippen LogP contribution in [-0.4, -0.2) is 35.8 Å². The maximum atomic E-state index is 13.7. The molecule has 1 heterocycles. The predicted octanol–water partition coefficient (Wildman–Crippen LogP) is 3.18. The third kappa shape index (κ3) is 5.16. The van der Waals surface area contributed by atoms with Crippen molar-refractivity contribution in [2.45, 2.75) is 32.4 Å². The summed E-state index contributed by atoms with van der Waals surface area (Å²) >= 11 is 0. The van der Waals surface area contributed by atoms with Crippen LogP contribution in [0.3, 0.4) is 0 Å². The minimum Gasteiger partial charge on any atom is -0.352 e. The summed E-state index contributed by atoms with van der Waals surface area (Å²) in [5.41, 5.74) is 1.27. The first-order chi connectivity index (χ1) is 13.5. The lowest BCUT2D eigenvalue weighted by molar-refractivity contribution is -0.127. The maximum Gasteiger partial charge on any atom is 0.241 e. The summed E-state index contributed by atoms with van der Waals surface area (Å²) < 4.78 is 13.7. The molecule has 1 atom stereocenters. The summed E-state index contributed by atoms with van der Waals surface area (Å²) in [5.74, 6) is -0.664. The Labute approximate surface area is 164 Å². The highest BCUT2D eigenvalue weighted by molar-refractivity contribution is 5.94. The minimum atomic E-state index is -0.447. The lowest BCUT2D eigenvalue weighted by atomic mass is 9.94. The van der Waals surface area contributed by atoms with E-state index in [1.54, 1.807) is 18.2 Å². The fraction of sp³-hybridized carbons (Fsp3) is 0.364. The van der Waals surface area contributed by atoms with Gasteiger partial charge in [0.2, 0.25) is 11.8 Å². The predicted molar refractivity (Wildman–Crippen MR) is 107 cm³/mol. The Morgan fingerprint density at radius 3 is 2.39 bits per heavy atom. The Hall–Kier alpha value is -2.73. The molecule has 0 aromatic heterocycles. The lowest BCUT2D eigenvalue weighted by Gasteiger charge is -2.34. The van der Waals surface area contributed by atoms with Gasteiger partial charge in [-0.3, -0.25) is 14.5 Å². The highest BCUT2D eigenvalue weighted by Gasteiger charge is 2.29. The Morgan fingerprint density at radius 2 is 1.71 bits per heavy atom. The number of nitrogens with one attached hydrogen (secondary N) is 2. The highest BCUT2D eigenvalue weighted by Crippen LogP contribution is 2.20. The Morgan fingerprint density at radius 1 is 1.07 bits per heavy atom. The lowest BCUT2D eigenvalue weighted by Crippen LogP contribution is -2.48. The number of hydrogen-bond donors (Lipinski definition) is 2. The van der Waals surface area contributed by atoms with E-state index in [1.807, 2.05) is 42.2 Å². The first-order valence-corrected chi connectivity index (χ1v) is 9.65. The van der Waals surface area contributed by atoms with Crippen LogP contribution in [0.15, 0.2) is 54.6 Å². The number of para-hydroxylation sites is 1. The molecular formula is C22H26FN3O2. The molecule has 0 saturated carbocycles. The Kier molecular flexibility index (Phi) is 6.76. The summed E-state index contributed by atoms with van der Waals surface area (Å²) in [5, 5.41) is 5.64. The van der Waals surface area contributed by atoms with Crippen LogP contribution in [0.5, 0.6) is 0 Å². The molecule has 1 saturated heterocycles. The fourth-order valence-electron chi connectivity index (χ4n) is 3.44. The van der Waals surface area contributed by atoms with Gasteiger partial charge in [-0.25, -0.2) is 4.39 Å². The smallest absolute Gasteiger partial charge is 0.241 e. The molecular weight excluding hydrogens is 357 g/mol. The van der Waals surface area contributed by atoms with Crippen molar-refractivity contribution in [3.8, 4) is 0 Å². The molecule has 5 nitrogen and oxygen atoms in total. The average molecular weight is 383 g/mol. The van der Waals surface area contributed by atoms with Gasteiger partial charge in [-0.1, -0.05) is 42.5 Å². The number of carbonyl (C=O) groups excluding carboxylic acids is 2. The summed E-state index contributed by atoms with van der Waals surface area (Å²) in [6.07, 6.45) is 1.41. The van der Waals surface area contributed by atoms with Crippen molar-refractivity contribution in [2.24, 2.45) is 5.92 Å². The van der Waals surface area contributed by atoms with Crippen molar-refractivity contribution in [2.75, 3.05) is 18.4 Å². The van der Waals surface area contributed by atoms with E-state index in [0.717, 1.165) is 5.56 Å². The molecule has 0 unspecified atom stereocenters. The largest absolute Gasteiger partial charge is 0.352 e. The standard InChI is InChI=1S/C22H26FN3O2/c1-16(21(27)25-20-10-6-5-9-19(20)23)26-13-11-18(12-14-26)22(28)24-15-17-7-3-2-4-8-17/h2-10,16,18H,11-15H2,1H3,(H,24,28)(H,25,27)/t16-/m0/s1. The molecule has 1 fully saturated rings. The van der Waals surface area contributed by atoms with Gasteiger partial charge in [0, 0.05) is 12.5 Å². The number of halogens is 1. The average Bonchev–Trinajstić information content (AvgIpc) is 2.74. The van der Waals surface area contributed by atoms with Gasteiger partial charge in [-0.05, 0) is 50.6 Å². The summed E-state index contributed by atoms with van der Waals surface area (Å²) in [6, 6.07) is 15.6. The van der Waals surface area contributed by atoms with Crippen molar-refractivity contribution in [1.29, 1.82) is 0 Å². The second-order valence-corrected chi connectivity index (χ2v) is 7.16. The van der Waals surface area contributed by atoms with Crippen LogP contribution in [0, 0.1) is 11.7 Å². The second kappa shape index (κ2) is 9.46. The van der Waals surface area contributed by atoms with Gasteiger partial charge in [-0.2, -0.15) is 0 Å². The summed E-state index contributed by atoms with van der Waals surface area (Å²) in [4.78, 5) is 26.9. The monoisotopic (exact) mass is 383 g/mol. The molecule has 6 heteroatoms. The van der Waals surface area contributed by atoms with Crippen molar-refractivity contribution in [3.05, 3.63) is 66.0 Å². The Bertz CT molecular complexity index is 804. The van der Waals surface area contributed by atoms with Gasteiger partial charge in [0.15, 0.2) is 0 Å². The first kappa shape index (κ1) is 20.0. The molecule has 0 aliphatic carbocycles. The number of anilines is 1. The minimum absolute atomic E-state index is 0.0400. The molecule has 0 bridgehead atoms. The number of carbonyl (C=O) groups is 2. The van der Waals surface area contributed by atoms with Crippen molar-refractivity contribution in [3.63, 3.8) is 0 Å². The van der Waals surface area contributed by atoms with E-state index in [-0.39, 0.29) is 29.5 Å². The van der Waals surface area contributed by atoms with Crippen LogP contribution in [0.2, 0.25) is 0 Å². The molecule has 2 aromatic rings. The maximum absolute atomic E-state index is 13.7. The fourth-order valence-corrected chi connectivity index (χ4v) is 3.44. The van der Waals surface area contributed by atoms with Gasteiger partial charge >= 0.3 is 0 Å². The van der Waals surface area contributed by atoms with Crippen LogP contribution in [0.4, 0.5) is 10.1 Å². The van der Waals surface area contributed by atoms with E-state index in [2.05, 4.69) is 10.6 Å². The number of rotatable bonds is 6. The molecule has 148 valence electrons. The van der Waals surface area contributed by atoms with Crippen molar-refractivity contribution >= 4 is 17.5 Å². The van der Waals surface area contributed by atoms with Crippen LogP contribution < -0.4 is 10.6 Å². The van der Waals surface area contributed by atoms with Gasteiger partial charge < -0.3 is 10.6 Å². The van der Waals surface area contributed by atoms with E-state index in [4.69, 9.17) is 0 Å². The molecule has 0 spiro atoms. The summed E-state index contributed by atoms with van der Waals surface area (Å²) in [6.45, 7) is 3.66. The molecule has 2 N–H and O–H groups in total. The Balaban J connectivity index is 1.45. The molecule has 2 aromatic carbocycles.